The van der Waals surface area contributed by atoms with Gasteiger partial charge >= 0.3 is 5.97 Å². The van der Waals surface area contributed by atoms with E-state index in [-0.39, 0.29) is 5.97 Å². The lowest BCUT2D eigenvalue weighted by Gasteiger charge is -2.02. The molecule has 0 radical (unpaired) electrons. The van der Waals surface area contributed by atoms with Crippen molar-refractivity contribution in [1.82, 2.24) is 0 Å². The van der Waals surface area contributed by atoms with E-state index in [1.54, 1.807) is 0 Å². The molecule has 0 bridgehead atoms. The molecule has 0 saturated carbocycles. The van der Waals surface area contributed by atoms with E-state index in [4.69, 9.17) is 10.5 Å². The molecule has 0 atom stereocenters. The Labute approximate surface area is 124 Å². The van der Waals surface area contributed by atoms with Crippen molar-refractivity contribution < 1.29 is 9.53 Å². The van der Waals surface area contributed by atoms with Gasteiger partial charge in [0.25, 0.3) is 0 Å². The minimum atomic E-state index is -0.374. The molecule has 100 valence electrons. The summed E-state index contributed by atoms with van der Waals surface area (Å²) in [4.78, 5) is 13.2. The second-order valence-corrected chi connectivity index (χ2v) is 5.94. The van der Waals surface area contributed by atoms with Crippen LogP contribution in [0.4, 0.5) is 5.69 Å². The maximum absolute atomic E-state index is 11.7. The normalized spacial score (nSPS) is 10.5. The summed E-state index contributed by atoms with van der Waals surface area (Å²) in [5.41, 5.74) is 8.67. The maximum Gasteiger partial charge on any atom is 0.350 e. The van der Waals surface area contributed by atoms with E-state index in [1.807, 2.05) is 31.2 Å². The number of hydrogen-bond acceptors (Lipinski definition) is 4. The third-order valence-electron chi connectivity index (χ3n) is 2.88. The van der Waals surface area contributed by atoms with Crippen LogP contribution in [0.5, 0.6) is 0 Å². The van der Waals surface area contributed by atoms with Gasteiger partial charge in [-0.2, -0.15) is 0 Å². The van der Waals surface area contributed by atoms with Gasteiger partial charge in [0.2, 0.25) is 0 Å². The molecule has 0 amide bonds. The lowest BCUT2D eigenvalue weighted by molar-refractivity contribution is 0.0607. The molecule has 0 aliphatic rings. The molecule has 2 rings (SSSR count). The lowest BCUT2D eigenvalue weighted by Crippen LogP contribution is -2.02. The first-order valence-corrected chi connectivity index (χ1v) is 7.44. The zero-order chi connectivity index (χ0) is 14.0. The lowest BCUT2D eigenvalue weighted by atomic mass is 10.1. The minimum absolute atomic E-state index is 0.374. The van der Waals surface area contributed by atoms with Crippen LogP contribution < -0.4 is 5.73 Å². The molecular weight excluding hydrogens is 326 g/mol. The number of methoxy groups -OCH3 is 1. The number of nitrogens with two attached hydrogens (primary N) is 1. The van der Waals surface area contributed by atoms with Crippen LogP contribution in [0.2, 0.25) is 0 Å². The highest BCUT2D eigenvalue weighted by molar-refractivity contribution is 9.10. The molecule has 19 heavy (non-hydrogen) atoms. The number of esters is 1. The Kier molecular flexibility index (Phi) is 4.27. The van der Waals surface area contributed by atoms with Gasteiger partial charge in [0.15, 0.2) is 0 Å². The summed E-state index contributed by atoms with van der Waals surface area (Å²) in [7, 11) is 1.37. The van der Waals surface area contributed by atoms with Crippen LogP contribution in [-0.4, -0.2) is 13.1 Å². The Bertz CT molecular complexity index is 605. The zero-order valence-electron chi connectivity index (χ0n) is 10.7. The molecule has 0 saturated heterocycles. The van der Waals surface area contributed by atoms with Crippen LogP contribution in [0.3, 0.4) is 0 Å². The monoisotopic (exact) mass is 339 g/mol. The largest absolute Gasteiger partial charge is 0.465 e. The average Bonchev–Trinajstić information content (AvgIpc) is 2.75. The third-order valence-corrected chi connectivity index (χ3v) is 4.68. The minimum Gasteiger partial charge on any atom is -0.465 e. The second-order valence-electron chi connectivity index (χ2n) is 4.00. The molecule has 0 fully saturated rings. The number of hydrogen-bond donors (Lipinski definition) is 1. The highest BCUT2D eigenvalue weighted by Gasteiger charge is 2.21. The first-order chi connectivity index (χ1) is 9.08. The van der Waals surface area contributed by atoms with E-state index in [2.05, 4.69) is 15.9 Å². The van der Waals surface area contributed by atoms with Gasteiger partial charge in [-0.05, 0) is 29.7 Å². The first kappa shape index (κ1) is 14.1. The fraction of sp³-hybridized carbons (Fsp3) is 0.214. The molecule has 2 aromatic rings. The molecule has 0 spiro atoms. The molecule has 1 aromatic heterocycles. The highest BCUT2D eigenvalue weighted by Crippen LogP contribution is 2.39. The number of thiophene rings is 1. The number of ether oxygens (including phenoxy) is 1. The summed E-state index contributed by atoms with van der Waals surface area (Å²) in [6.07, 6.45) is 0.782. The maximum atomic E-state index is 11.7. The Balaban J connectivity index is 2.57. The van der Waals surface area contributed by atoms with Crippen molar-refractivity contribution in [2.45, 2.75) is 13.3 Å². The Morgan fingerprint density at radius 1 is 1.37 bits per heavy atom. The predicted octanol–water partition coefficient (Wildman–Crippen LogP) is 4.11. The van der Waals surface area contributed by atoms with E-state index < -0.39 is 0 Å². The first-order valence-electron chi connectivity index (χ1n) is 5.83. The van der Waals surface area contributed by atoms with Gasteiger partial charge in [0, 0.05) is 9.35 Å². The van der Waals surface area contributed by atoms with Crippen molar-refractivity contribution in [3.8, 4) is 10.4 Å². The Morgan fingerprint density at radius 3 is 2.53 bits per heavy atom. The fourth-order valence-corrected chi connectivity index (χ4v) is 3.41. The summed E-state index contributed by atoms with van der Waals surface area (Å²) in [5, 5.41) is 0. The molecule has 1 heterocycles. The van der Waals surface area contributed by atoms with Crippen molar-refractivity contribution in [3.63, 3.8) is 0 Å². The van der Waals surface area contributed by atoms with Crippen LogP contribution in [0.25, 0.3) is 10.4 Å². The zero-order valence-corrected chi connectivity index (χ0v) is 13.1. The van der Waals surface area contributed by atoms with E-state index in [0.29, 0.717) is 10.6 Å². The highest BCUT2D eigenvalue weighted by atomic mass is 79.9. The number of carbonyl (C=O) groups excluding carboxylic acids is 1. The van der Waals surface area contributed by atoms with Crippen molar-refractivity contribution in [2.75, 3.05) is 12.8 Å². The van der Waals surface area contributed by atoms with Gasteiger partial charge in [-0.3, -0.25) is 0 Å². The third kappa shape index (κ3) is 2.67. The fourth-order valence-electron chi connectivity index (χ4n) is 1.91. The Morgan fingerprint density at radius 2 is 2.00 bits per heavy atom. The van der Waals surface area contributed by atoms with Crippen molar-refractivity contribution >= 4 is 38.9 Å². The topological polar surface area (TPSA) is 52.3 Å². The number of nitrogen functional groups attached to an aromatic ring is 1. The summed E-state index contributed by atoms with van der Waals surface area (Å²) in [6, 6.07) is 7.97. The van der Waals surface area contributed by atoms with E-state index in [9.17, 15) is 4.79 Å². The van der Waals surface area contributed by atoms with E-state index in [0.717, 1.165) is 26.9 Å². The number of halogens is 1. The molecule has 0 aliphatic carbocycles. The van der Waals surface area contributed by atoms with Gasteiger partial charge in [-0.1, -0.05) is 35.0 Å². The van der Waals surface area contributed by atoms with Crippen LogP contribution in [0.1, 0.15) is 22.2 Å². The van der Waals surface area contributed by atoms with E-state index in [1.165, 1.54) is 18.4 Å². The second kappa shape index (κ2) is 5.75. The summed E-state index contributed by atoms with van der Waals surface area (Å²) in [6.45, 7) is 2.03. The van der Waals surface area contributed by atoms with Crippen molar-refractivity contribution in [1.29, 1.82) is 0 Å². The predicted molar refractivity (Wildman–Crippen MR) is 82.6 cm³/mol. The van der Waals surface area contributed by atoms with Gasteiger partial charge in [0.1, 0.15) is 4.88 Å². The van der Waals surface area contributed by atoms with Crippen LogP contribution in [-0.2, 0) is 11.2 Å². The van der Waals surface area contributed by atoms with Crippen molar-refractivity contribution in [2.24, 2.45) is 0 Å². The quantitative estimate of drug-likeness (QED) is 0.856. The molecule has 1 aromatic carbocycles. The average molecular weight is 340 g/mol. The number of carbonyl (C=O) groups is 1. The van der Waals surface area contributed by atoms with Gasteiger partial charge in [-0.15, -0.1) is 11.3 Å². The van der Waals surface area contributed by atoms with Crippen molar-refractivity contribution in [3.05, 3.63) is 39.2 Å². The molecular formula is C14H14BrNO2S. The molecule has 3 nitrogen and oxygen atoms in total. The molecule has 0 aliphatic heterocycles. The van der Waals surface area contributed by atoms with Crippen LogP contribution in [0.15, 0.2) is 28.7 Å². The van der Waals surface area contributed by atoms with Gasteiger partial charge in [-0.25, -0.2) is 4.79 Å². The SMILES string of the molecule is CCc1c(-c2ccc(Br)cc2)sc(C(=O)OC)c1N. The smallest absolute Gasteiger partial charge is 0.350 e. The molecule has 0 unspecified atom stereocenters. The van der Waals surface area contributed by atoms with E-state index >= 15 is 0 Å². The van der Waals surface area contributed by atoms with Crippen LogP contribution >= 0.6 is 27.3 Å². The van der Waals surface area contributed by atoms with Gasteiger partial charge in [0.05, 0.1) is 12.8 Å². The number of anilines is 1. The Hall–Kier alpha value is -1.33. The molecule has 2 N–H and O–H groups in total. The summed E-state index contributed by atoms with van der Waals surface area (Å²) >= 11 is 4.80. The standard InChI is InChI=1S/C14H14BrNO2S/c1-3-10-11(16)13(14(17)18-2)19-12(10)8-4-6-9(15)7-5-8/h4-7H,3,16H2,1-2H3. The van der Waals surface area contributed by atoms with Crippen LogP contribution in [0, 0.1) is 0 Å². The summed E-state index contributed by atoms with van der Waals surface area (Å²) in [5.74, 6) is -0.374. The number of rotatable bonds is 3. The van der Waals surface area contributed by atoms with Gasteiger partial charge < -0.3 is 10.5 Å². The number of benzene rings is 1. The molecule has 5 heteroatoms. The summed E-state index contributed by atoms with van der Waals surface area (Å²) < 4.78 is 5.79.